The topological polar surface area (TPSA) is 83.8 Å². The van der Waals surface area contributed by atoms with Crippen molar-refractivity contribution in [3.05, 3.63) is 27.8 Å². The van der Waals surface area contributed by atoms with Crippen LogP contribution in [0.4, 0.5) is 0 Å². The molecule has 0 saturated heterocycles. The fourth-order valence-electron chi connectivity index (χ4n) is 3.40. The SMILES string of the molecule is CC1(C)CCc2c(c(O)c(C=O)c3c2C(=O)OC(O)C3)C1. The number of ether oxygens (including phenoxy) is 1. The first-order valence-electron chi connectivity index (χ1n) is 7.08. The van der Waals surface area contributed by atoms with Gasteiger partial charge in [-0.15, -0.1) is 0 Å². The number of aliphatic hydroxyl groups is 1. The Labute approximate surface area is 122 Å². The third kappa shape index (κ3) is 2.12. The van der Waals surface area contributed by atoms with Crippen molar-refractivity contribution in [2.24, 2.45) is 5.41 Å². The first-order chi connectivity index (χ1) is 9.84. The summed E-state index contributed by atoms with van der Waals surface area (Å²) in [5.41, 5.74) is 2.33. The van der Waals surface area contributed by atoms with Gasteiger partial charge in [0.2, 0.25) is 6.29 Å². The highest BCUT2D eigenvalue weighted by Gasteiger charge is 2.37. The molecule has 5 heteroatoms. The summed E-state index contributed by atoms with van der Waals surface area (Å²) in [7, 11) is 0. The molecule has 0 bridgehead atoms. The molecule has 3 rings (SSSR count). The Morgan fingerprint density at radius 2 is 2.00 bits per heavy atom. The van der Waals surface area contributed by atoms with Crippen LogP contribution in [0, 0.1) is 5.41 Å². The van der Waals surface area contributed by atoms with Crippen molar-refractivity contribution in [2.75, 3.05) is 0 Å². The number of esters is 1. The van der Waals surface area contributed by atoms with Crippen LogP contribution in [0.3, 0.4) is 0 Å². The number of hydrogen-bond donors (Lipinski definition) is 2. The molecule has 1 aromatic rings. The molecule has 0 amide bonds. The van der Waals surface area contributed by atoms with E-state index in [4.69, 9.17) is 4.74 Å². The minimum absolute atomic E-state index is 0.0109. The molecule has 0 spiro atoms. The molecule has 1 unspecified atom stereocenters. The number of fused-ring (bicyclic) bond motifs is 3. The number of carbonyl (C=O) groups excluding carboxylic acids is 2. The van der Waals surface area contributed by atoms with E-state index in [2.05, 4.69) is 13.8 Å². The first-order valence-corrected chi connectivity index (χ1v) is 7.08. The summed E-state index contributed by atoms with van der Waals surface area (Å²) < 4.78 is 4.89. The molecule has 1 atom stereocenters. The molecule has 0 radical (unpaired) electrons. The highest BCUT2D eigenvalue weighted by atomic mass is 16.6. The van der Waals surface area contributed by atoms with Crippen LogP contribution in [0.2, 0.25) is 0 Å². The van der Waals surface area contributed by atoms with Crippen molar-refractivity contribution in [1.82, 2.24) is 0 Å². The summed E-state index contributed by atoms with van der Waals surface area (Å²) in [6.45, 7) is 4.19. The summed E-state index contributed by atoms with van der Waals surface area (Å²) in [6, 6.07) is 0. The lowest BCUT2D eigenvalue weighted by Gasteiger charge is -2.35. The Balaban J connectivity index is 2.30. The molecule has 0 fully saturated rings. The number of aldehydes is 1. The second-order valence-electron chi connectivity index (χ2n) is 6.60. The van der Waals surface area contributed by atoms with Gasteiger partial charge >= 0.3 is 5.97 Å². The lowest BCUT2D eigenvalue weighted by Crippen LogP contribution is -2.32. The molecule has 21 heavy (non-hydrogen) atoms. The van der Waals surface area contributed by atoms with Crippen LogP contribution in [0.5, 0.6) is 5.75 Å². The van der Waals surface area contributed by atoms with Gasteiger partial charge < -0.3 is 14.9 Å². The molecular formula is C16H18O5. The lowest BCUT2D eigenvalue weighted by molar-refractivity contribution is -0.0689. The predicted octanol–water partition coefficient (Wildman–Crippen LogP) is 1.75. The average molecular weight is 290 g/mol. The van der Waals surface area contributed by atoms with Crippen LogP contribution >= 0.6 is 0 Å². The number of carbonyl (C=O) groups is 2. The fourth-order valence-corrected chi connectivity index (χ4v) is 3.40. The highest BCUT2D eigenvalue weighted by molar-refractivity contribution is 5.99. The van der Waals surface area contributed by atoms with E-state index < -0.39 is 12.3 Å². The summed E-state index contributed by atoms with van der Waals surface area (Å²) in [6.07, 6.45) is 1.49. The number of hydrogen-bond acceptors (Lipinski definition) is 5. The molecule has 0 aromatic heterocycles. The quantitative estimate of drug-likeness (QED) is 0.608. The van der Waals surface area contributed by atoms with E-state index in [9.17, 15) is 19.8 Å². The minimum atomic E-state index is -1.26. The smallest absolute Gasteiger partial charge is 0.341 e. The monoisotopic (exact) mass is 290 g/mol. The summed E-state index contributed by atoms with van der Waals surface area (Å²) in [5.74, 6) is -0.656. The Morgan fingerprint density at radius 3 is 2.67 bits per heavy atom. The largest absolute Gasteiger partial charge is 0.507 e. The van der Waals surface area contributed by atoms with E-state index in [1.54, 1.807) is 0 Å². The van der Waals surface area contributed by atoms with E-state index in [1.165, 1.54) is 0 Å². The Bertz CT molecular complexity index is 645. The van der Waals surface area contributed by atoms with Crippen LogP contribution < -0.4 is 0 Å². The normalized spacial score (nSPS) is 23.0. The molecular weight excluding hydrogens is 272 g/mol. The van der Waals surface area contributed by atoms with E-state index in [1.807, 2.05) is 0 Å². The van der Waals surface area contributed by atoms with Gasteiger partial charge in [-0.2, -0.15) is 0 Å². The number of phenolic OH excluding ortho intramolecular Hbond substituents is 1. The van der Waals surface area contributed by atoms with E-state index in [0.29, 0.717) is 35.8 Å². The van der Waals surface area contributed by atoms with Gasteiger partial charge in [-0.25, -0.2) is 4.79 Å². The zero-order valence-electron chi connectivity index (χ0n) is 12.1. The number of aliphatic hydroxyl groups excluding tert-OH is 1. The lowest BCUT2D eigenvalue weighted by atomic mass is 9.71. The number of benzene rings is 1. The Morgan fingerprint density at radius 1 is 1.29 bits per heavy atom. The maximum atomic E-state index is 12.1. The Hall–Kier alpha value is -1.88. The molecule has 1 aliphatic carbocycles. The van der Waals surface area contributed by atoms with Crippen molar-refractivity contribution < 1.29 is 24.5 Å². The van der Waals surface area contributed by atoms with Crippen molar-refractivity contribution in [2.45, 2.75) is 45.8 Å². The van der Waals surface area contributed by atoms with Gasteiger partial charge in [-0.1, -0.05) is 13.8 Å². The van der Waals surface area contributed by atoms with Crippen LogP contribution in [-0.2, 0) is 24.0 Å². The van der Waals surface area contributed by atoms with Gasteiger partial charge in [0, 0.05) is 6.42 Å². The molecule has 1 heterocycles. The molecule has 1 aromatic carbocycles. The van der Waals surface area contributed by atoms with Crippen LogP contribution in [0.25, 0.3) is 0 Å². The molecule has 0 saturated carbocycles. The average Bonchev–Trinajstić information content (AvgIpc) is 2.38. The predicted molar refractivity (Wildman–Crippen MR) is 74.4 cm³/mol. The number of phenols is 1. The number of aromatic hydroxyl groups is 1. The van der Waals surface area contributed by atoms with E-state index in [-0.39, 0.29) is 23.1 Å². The van der Waals surface area contributed by atoms with Crippen LogP contribution in [-0.4, -0.2) is 28.8 Å². The molecule has 5 nitrogen and oxygen atoms in total. The summed E-state index contributed by atoms with van der Waals surface area (Å²) in [4.78, 5) is 23.5. The second kappa shape index (κ2) is 4.56. The summed E-state index contributed by atoms with van der Waals surface area (Å²) in [5, 5.41) is 20.0. The van der Waals surface area contributed by atoms with Gasteiger partial charge in [0.1, 0.15) is 5.75 Å². The maximum absolute atomic E-state index is 12.1. The Kier molecular flexibility index (Phi) is 3.06. The van der Waals surface area contributed by atoms with Crippen molar-refractivity contribution >= 4 is 12.3 Å². The third-order valence-electron chi connectivity index (χ3n) is 4.48. The molecule has 2 aliphatic rings. The van der Waals surface area contributed by atoms with Gasteiger partial charge in [0.25, 0.3) is 0 Å². The van der Waals surface area contributed by atoms with Gasteiger partial charge in [-0.05, 0) is 41.4 Å². The van der Waals surface area contributed by atoms with Gasteiger partial charge in [-0.3, -0.25) is 4.79 Å². The van der Waals surface area contributed by atoms with E-state index >= 15 is 0 Å². The third-order valence-corrected chi connectivity index (χ3v) is 4.48. The highest BCUT2D eigenvalue weighted by Crippen LogP contribution is 2.44. The molecule has 112 valence electrons. The molecule has 2 N–H and O–H groups in total. The number of rotatable bonds is 1. The number of cyclic esters (lactones) is 1. The van der Waals surface area contributed by atoms with Crippen molar-refractivity contribution in [3.8, 4) is 5.75 Å². The van der Waals surface area contributed by atoms with Crippen molar-refractivity contribution in [3.63, 3.8) is 0 Å². The second-order valence-corrected chi connectivity index (χ2v) is 6.60. The van der Waals surface area contributed by atoms with Gasteiger partial charge in [0.05, 0.1) is 11.1 Å². The van der Waals surface area contributed by atoms with Gasteiger partial charge in [0.15, 0.2) is 6.29 Å². The zero-order chi connectivity index (χ0) is 15.4. The minimum Gasteiger partial charge on any atom is -0.507 e. The maximum Gasteiger partial charge on any atom is 0.341 e. The van der Waals surface area contributed by atoms with Crippen LogP contribution in [0.15, 0.2) is 0 Å². The van der Waals surface area contributed by atoms with Crippen molar-refractivity contribution in [1.29, 1.82) is 0 Å². The molecule has 1 aliphatic heterocycles. The fraction of sp³-hybridized carbons (Fsp3) is 0.500. The first kappa shape index (κ1) is 14.1. The van der Waals surface area contributed by atoms with E-state index in [0.717, 1.165) is 12.0 Å². The standard InChI is InChI=1S/C16H18O5/c1-16(2)4-3-8-10(6-16)14(19)11(7-17)9-5-12(18)21-15(20)13(8)9/h7,12,18-19H,3-6H2,1-2H3. The zero-order valence-corrected chi connectivity index (χ0v) is 12.1. The van der Waals surface area contributed by atoms with Crippen LogP contribution in [0.1, 0.15) is 57.7 Å². The summed E-state index contributed by atoms with van der Waals surface area (Å²) >= 11 is 0.